The molecule has 0 unspecified atom stereocenters. The van der Waals surface area contributed by atoms with Gasteiger partial charge in [0.1, 0.15) is 5.82 Å². The Morgan fingerprint density at radius 3 is 1.40 bits per heavy atom. The Labute approximate surface area is 335 Å². The van der Waals surface area contributed by atoms with E-state index in [-0.39, 0.29) is 5.82 Å². The maximum atomic E-state index is 15.7. The number of benzene rings is 10. The lowest BCUT2D eigenvalue weighted by atomic mass is 9.84. The molecule has 0 amide bonds. The van der Waals surface area contributed by atoms with Crippen LogP contribution >= 0.6 is 33.9 Å². The molecule has 0 fully saturated rings. The first kappa shape index (κ1) is 32.5. The Kier molecular flexibility index (Phi) is 7.61. The monoisotopic (exact) mass is 832 g/mol. The van der Waals surface area contributed by atoms with E-state index in [0.717, 1.165) is 36.2 Å². The highest BCUT2D eigenvalue weighted by Gasteiger charge is 2.22. The summed E-state index contributed by atoms with van der Waals surface area (Å²) in [5.74, 6) is -0.201. The lowest BCUT2D eigenvalue weighted by Gasteiger charge is -2.19. The van der Waals surface area contributed by atoms with E-state index in [1.807, 2.05) is 17.4 Å². The summed E-state index contributed by atoms with van der Waals surface area (Å²) >= 11 is 4.13. The van der Waals surface area contributed by atoms with Gasteiger partial charge in [-0.05, 0) is 123 Å². The first-order valence-electron chi connectivity index (χ1n) is 18.5. The molecular weight excluding hydrogens is 803 g/mol. The highest BCUT2D eigenvalue weighted by molar-refractivity contribution is 14.1. The molecule has 0 aliphatic rings. The van der Waals surface area contributed by atoms with Crippen LogP contribution in [0, 0.1) is 9.39 Å². The first-order chi connectivity index (χ1) is 27.2. The van der Waals surface area contributed by atoms with Crippen LogP contribution in [-0.4, -0.2) is 0 Å². The van der Waals surface area contributed by atoms with Crippen LogP contribution in [0.15, 0.2) is 182 Å². The summed E-state index contributed by atoms with van der Waals surface area (Å²) in [5, 5.41) is 11.9. The molecule has 0 saturated heterocycles. The van der Waals surface area contributed by atoms with Gasteiger partial charge < -0.3 is 0 Å². The van der Waals surface area contributed by atoms with Crippen LogP contribution in [0.3, 0.4) is 0 Å². The molecule has 11 rings (SSSR count). The minimum Gasteiger partial charge on any atom is -0.206 e. The second-order valence-corrected chi connectivity index (χ2v) is 16.4. The lowest BCUT2D eigenvalue weighted by Crippen LogP contribution is -1.94. The Morgan fingerprint density at radius 2 is 0.836 bits per heavy atom. The van der Waals surface area contributed by atoms with Gasteiger partial charge in [-0.3, -0.25) is 0 Å². The summed E-state index contributed by atoms with van der Waals surface area (Å²) in [5.41, 5.74) is 8.97. The molecule has 55 heavy (non-hydrogen) atoms. The Balaban J connectivity index is 1.18. The van der Waals surface area contributed by atoms with Crippen molar-refractivity contribution < 1.29 is 4.39 Å². The first-order valence-corrected chi connectivity index (χ1v) is 20.4. The number of hydrogen-bond donors (Lipinski definition) is 0. The number of thiophene rings is 1. The molecule has 0 radical (unpaired) electrons. The van der Waals surface area contributed by atoms with Gasteiger partial charge >= 0.3 is 0 Å². The fourth-order valence-electron chi connectivity index (χ4n) is 8.97. The van der Waals surface area contributed by atoms with E-state index in [1.54, 1.807) is 12.1 Å². The third-order valence-electron chi connectivity index (χ3n) is 11.2. The van der Waals surface area contributed by atoms with Gasteiger partial charge in [0.2, 0.25) is 0 Å². The molecule has 3 heteroatoms. The van der Waals surface area contributed by atoms with E-state index in [9.17, 15) is 0 Å². The summed E-state index contributed by atoms with van der Waals surface area (Å²) < 4.78 is 19.1. The fraction of sp³-hybridized carbons (Fsp3) is 0. The molecule has 0 nitrogen and oxygen atoms in total. The summed E-state index contributed by atoms with van der Waals surface area (Å²) in [6.07, 6.45) is 0. The van der Waals surface area contributed by atoms with Gasteiger partial charge in [0.15, 0.2) is 0 Å². The fourth-order valence-corrected chi connectivity index (χ4v) is 10.9. The molecule has 0 atom stereocenters. The largest absolute Gasteiger partial charge is 0.206 e. The third-order valence-corrected chi connectivity index (χ3v) is 13.2. The van der Waals surface area contributed by atoms with Crippen LogP contribution in [0.1, 0.15) is 0 Å². The Hall–Kier alpha value is -5.88. The van der Waals surface area contributed by atoms with Crippen molar-refractivity contribution in [3.63, 3.8) is 0 Å². The van der Waals surface area contributed by atoms with E-state index in [0.29, 0.717) is 5.56 Å². The van der Waals surface area contributed by atoms with Gasteiger partial charge in [-0.25, -0.2) is 4.39 Å². The predicted molar refractivity (Wildman–Crippen MR) is 244 cm³/mol. The maximum absolute atomic E-state index is 15.7. The third kappa shape index (κ3) is 5.00. The smallest absolute Gasteiger partial charge is 0.132 e. The predicted octanol–water partition coefficient (Wildman–Crippen LogP) is 16.1. The van der Waals surface area contributed by atoms with Crippen molar-refractivity contribution in [1.82, 2.24) is 0 Å². The van der Waals surface area contributed by atoms with Crippen LogP contribution < -0.4 is 0 Å². The summed E-state index contributed by atoms with van der Waals surface area (Å²) in [4.78, 5) is 0. The average Bonchev–Trinajstić information content (AvgIpc) is 3.61. The number of hydrogen-bond acceptors (Lipinski definition) is 1. The SMILES string of the molecule is Fc1cccc(I)c1-c1c2ccccc2c(-c2ccc3c(c2)sc2cccc(-c4c5ccccc5c(-c5ccccc5)c5ccccc45)c23)c2ccccc12. The normalized spacial score (nSPS) is 11.8. The van der Waals surface area contributed by atoms with Gasteiger partial charge in [-0.15, -0.1) is 11.3 Å². The topological polar surface area (TPSA) is 0 Å². The van der Waals surface area contributed by atoms with Gasteiger partial charge in [-0.1, -0.05) is 158 Å². The van der Waals surface area contributed by atoms with Crippen LogP contribution in [0.25, 0.3) is 108 Å². The van der Waals surface area contributed by atoms with Gasteiger partial charge in [0, 0.05) is 34.9 Å². The maximum Gasteiger partial charge on any atom is 0.132 e. The van der Waals surface area contributed by atoms with Crippen molar-refractivity contribution in [1.29, 1.82) is 0 Å². The van der Waals surface area contributed by atoms with Crippen LogP contribution in [0.5, 0.6) is 0 Å². The molecule has 0 saturated carbocycles. The molecule has 0 N–H and O–H groups in total. The highest BCUT2D eigenvalue weighted by Crippen LogP contribution is 2.50. The van der Waals surface area contributed by atoms with E-state index in [4.69, 9.17) is 0 Å². The minimum absolute atomic E-state index is 0.201. The Bertz CT molecular complexity index is 3210. The van der Waals surface area contributed by atoms with Crippen molar-refractivity contribution >= 4 is 97.2 Å². The molecule has 1 aromatic heterocycles. The van der Waals surface area contributed by atoms with E-state index >= 15 is 4.39 Å². The molecule has 258 valence electrons. The zero-order chi connectivity index (χ0) is 36.6. The quantitative estimate of drug-likeness (QED) is 0.122. The molecule has 0 aliphatic heterocycles. The number of halogens is 2. The van der Waals surface area contributed by atoms with Gasteiger partial charge in [-0.2, -0.15) is 0 Å². The molecule has 10 aromatic carbocycles. The van der Waals surface area contributed by atoms with E-state index in [2.05, 4.69) is 186 Å². The van der Waals surface area contributed by atoms with E-state index < -0.39 is 0 Å². The van der Waals surface area contributed by atoms with Crippen molar-refractivity contribution in [2.45, 2.75) is 0 Å². The minimum atomic E-state index is -0.201. The van der Waals surface area contributed by atoms with Crippen LogP contribution in [-0.2, 0) is 0 Å². The van der Waals surface area contributed by atoms with Crippen LogP contribution in [0.4, 0.5) is 4.39 Å². The Morgan fingerprint density at radius 1 is 0.345 bits per heavy atom. The zero-order valence-electron chi connectivity index (χ0n) is 29.5. The summed E-state index contributed by atoms with van der Waals surface area (Å²) in [6, 6.07) is 64.7. The molecule has 1 heterocycles. The molecular formula is C52H30FIS. The zero-order valence-corrected chi connectivity index (χ0v) is 32.5. The average molecular weight is 833 g/mol. The highest BCUT2D eigenvalue weighted by atomic mass is 127. The number of rotatable bonds is 4. The van der Waals surface area contributed by atoms with Crippen LogP contribution in [0.2, 0.25) is 0 Å². The van der Waals surface area contributed by atoms with Gasteiger partial charge in [0.05, 0.1) is 0 Å². The summed E-state index contributed by atoms with van der Waals surface area (Å²) in [6.45, 7) is 0. The molecule has 11 aromatic rings. The van der Waals surface area contributed by atoms with Crippen molar-refractivity contribution in [2.75, 3.05) is 0 Å². The lowest BCUT2D eigenvalue weighted by molar-refractivity contribution is 0.631. The molecule has 0 bridgehead atoms. The number of fused-ring (bicyclic) bond motifs is 7. The molecule has 0 spiro atoms. The van der Waals surface area contributed by atoms with E-state index in [1.165, 1.54) is 69.5 Å². The second kappa shape index (κ2) is 12.9. The van der Waals surface area contributed by atoms with Crippen molar-refractivity contribution in [3.8, 4) is 44.5 Å². The van der Waals surface area contributed by atoms with Gasteiger partial charge in [0.25, 0.3) is 0 Å². The molecule has 0 aliphatic carbocycles. The summed E-state index contributed by atoms with van der Waals surface area (Å²) in [7, 11) is 0. The van der Waals surface area contributed by atoms with Crippen molar-refractivity contribution in [3.05, 3.63) is 191 Å². The second-order valence-electron chi connectivity index (χ2n) is 14.1. The standard InChI is InChI=1S/C52H30FIS/c53-43-25-13-26-44(54)52(43)51-39-22-10-6-18-35(39)48(36-19-7-11-23-40(36)51)32-28-29-41-46(30-32)55-45-27-12-24-42(50(41)45)49-37-20-8-4-16-33(37)47(31-14-2-1-3-15-31)34-17-5-9-21-38(34)49/h1-30H. The van der Waals surface area contributed by atoms with Crippen molar-refractivity contribution in [2.24, 2.45) is 0 Å².